The van der Waals surface area contributed by atoms with E-state index in [1.54, 1.807) is 6.92 Å². The molecule has 1 aliphatic rings. The van der Waals surface area contributed by atoms with Gasteiger partial charge < -0.3 is 16.2 Å². The average Bonchev–Trinajstić information content (AvgIpc) is 2.85. The zero-order chi connectivity index (χ0) is 11.0. The molecule has 1 heterocycles. The number of nitrogen functional groups attached to an aromatic ring is 1. The first-order valence-electron chi connectivity index (χ1n) is 4.72. The van der Waals surface area contributed by atoms with Gasteiger partial charge in [0, 0.05) is 6.04 Å². The highest BCUT2D eigenvalue weighted by Crippen LogP contribution is 2.24. The zero-order valence-corrected chi connectivity index (χ0v) is 8.32. The zero-order valence-electron chi connectivity index (χ0n) is 8.32. The monoisotopic (exact) mass is 208 g/mol. The van der Waals surface area contributed by atoms with E-state index in [0.717, 1.165) is 12.8 Å². The Balaban J connectivity index is 2.32. The smallest absolute Gasteiger partial charge is 0.341 e. The molecule has 0 aromatic carbocycles. The van der Waals surface area contributed by atoms with Gasteiger partial charge >= 0.3 is 5.97 Å². The second-order valence-corrected chi connectivity index (χ2v) is 3.62. The van der Waals surface area contributed by atoms with Crippen molar-refractivity contribution in [3.8, 4) is 0 Å². The highest BCUT2D eigenvalue weighted by Gasteiger charge is 2.23. The summed E-state index contributed by atoms with van der Waals surface area (Å²) in [4.78, 5) is 18.8. The van der Waals surface area contributed by atoms with Gasteiger partial charge in [-0.1, -0.05) is 0 Å². The van der Waals surface area contributed by atoms with Crippen LogP contribution in [-0.2, 0) is 0 Å². The van der Waals surface area contributed by atoms with Gasteiger partial charge in [0.25, 0.3) is 0 Å². The minimum atomic E-state index is -1.09. The largest absolute Gasteiger partial charge is 0.477 e. The van der Waals surface area contributed by atoms with Crippen molar-refractivity contribution in [3.05, 3.63) is 11.3 Å². The summed E-state index contributed by atoms with van der Waals surface area (Å²) in [7, 11) is 0. The van der Waals surface area contributed by atoms with Crippen LogP contribution >= 0.6 is 0 Å². The fraction of sp³-hybridized carbons (Fsp3) is 0.444. The van der Waals surface area contributed by atoms with Crippen molar-refractivity contribution in [2.45, 2.75) is 25.8 Å². The number of aromatic carboxylic acids is 1. The summed E-state index contributed by atoms with van der Waals surface area (Å²) in [6.45, 7) is 1.61. The molecule has 0 amide bonds. The van der Waals surface area contributed by atoms with Gasteiger partial charge in [0.2, 0.25) is 5.95 Å². The molecule has 1 saturated carbocycles. The molecule has 0 atom stereocenters. The summed E-state index contributed by atoms with van der Waals surface area (Å²) in [5.74, 6) is -0.668. The molecule has 1 fully saturated rings. The SMILES string of the molecule is Cc1nc(NC2CC2)nc(N)c1C(=O)O. The number of rotatable bonds is 3. The van der Waals surface area contributed by atoms with E-state index in [2.05, 4.69) is 15.3 Å². The minimum Gasteiger partial charge on any atom is -0.477 e. The van der Waals surface area contributed by atoms with Crippen molar-refractivity contribution >= 4 is 17.7 Å². The van der Waals surface area contributed by atoms with Crippen LogP contribution in [0.15, 0.2) is 0 Å². The lowest BCUT2D eigenvalue weighted by Crippen LogP contribution is -2.13. The molecule has 0 unspecified atom stereocenters. The van der Waals surface area contributed by atoms with Gasteiger partial charge in [-0.05, 0) is 19.8 Å². The number of hydrogen-bond donors (Lipinski definition) is 3. The summed E-state index contributed by atoms with van der Waals surface area (Å²) in [5, 5.41) is 11.9. The van der Waals surface area contributed by atoms with Crippen molar-refractivity contribution < 1.29 is 9.90 Å². The number of aryl methyl sites for hydroxylation is 1. The van der Waals surface area contributed by atoms with Crippen molar-refractivity contribution in [2.24, 2.45) is 0 Å². The predicted molar refractivity (Wildman–Crippen MR) is 54.8 cm³/mol. The summed E-state index contributed by atoms with van der Waals surface area (Å²) in [5.41, 5.74) is 5.92. The van der Waals surface area contributed by atoms with E-state index in [1.807, 2.05) is 0 Å². The summed E-state index contributed by atoms with van der Waals surface area (Å²) >= 11 is 0. The Morgan fingerprint density at radius 1 is 1.53 bits per heavy atom. The molecule has 0 saturated heterocycles. The second-order valence-electron chi connectivity index (χ2n) is 3.62. The number of nitrogens with zero attached hydrogens (tertiary/aromatic N) is 2. The van der Waals surface area contributed by atoms with Crippen LogP contribution in [0.4, 0.5) is 11.8 Å². The molecule has 80 valence electrons. The lowest BCUT2D eigenvalue weighted by atomic mass is 10.2. The van der Waals surface area contributed by atoms with Crippen molar-refractivity contribution in [3.63, 3.8) is 0 Å². The van der Waals surface area contributed by atoms with Crippen LogP contribution in [0.25, 0.3) is 0 Å². The maximum absolute atomic E-state index is 10.8. The fourth-order valence-electron chi connectivity index (χ4n) is 1.33. The van der Waals surface area contributed by atoms with Gasteiger partial charge in [0.05, 0.1) is 5.69 Å². The number of carbonyl (C=O) groups is 1. The molecule has 1 aromatic rings. The minimum absolute atomic E-state index is 0.0122. The molecule has 0 bridgehead atoms. The number of carboxylic acid groups (broad SMARTS) is 1. The van der Waals surface area contributed by atoms with Gasteiger partial charge in [-0.15, -0.1) is 0 Å². The Hall–Kier alpha value is -1.85. The Morgan fingerprint density at radius 3 is 2.67 bits per heavy atom. The van der Waals surface area contributed by atoms with E-state index in [1.165, 1.54) is 0 Å². The maximum atomic E-state index is 10.8. The molecule has 1 aromatic heterocycles. The third kappa shape index (κ3) is 1.98. The highest BCUT2D eigenvalue weighted by atomic mass is 16.4. The molecule has 6 nitrogen and oxygen atoms in total. The van der Waals surface area contributed by atoms with Gasteiger partial charge in [0.15, 0.2) is 0 Å². The van der Waals surface area contributed by atoms with Crippen LogP contribution in [0.1, 0.15) is 28.9 Å². The first kappa shape index (κ1) is 9.70. The standard InChI is InChI=1S/C9H12N4O2/c1-4-6(8(14)15)7(10)13-9(11-4)12-5-2-3-5/h5H,2-3H2,1H3,(H,14,15)(H3,10,11,12,13). The molecule has 0 aliphatic heterocycles. The molecule has 0 radical (unpaired) electrons. The van der Waals surface area contributed by atoms with E-state index < -0.39 is 5.97 Å². The molecule has 1 aliphatic carbocycles. The first-order chi connectivity index (χ1) is 7.08. The van der Waals surface area contributed by atoms with E-state index in [9.17, 15) is 4.79 Å². The number of nitrogens with two attached hydrogens (primary N) is 1. The molecular weight excluding hydrogens is 196 g/mol. The number of anilines is 2. The van der Waals surface area contributed by atoms with Crippen LogP contribution in [0, 0.1) is 6.92 Å². The predicted octanol–water partition coefficient (Wildman–Crippen LogP) is 0.640. The van der Waals surface area contributed by atoms with Crippen LogP contribution in [0.2, 0.25) is 0 Å². The van der Waals surface area contributed by atoms with E-state index in [0.29, 0.717) is 17.7 Å². The Bertz CT molecular complexity index is 392. The lowest BCUT2D eigenvalue weighted by molar-refractivity contribution is 0.0696. The summed E-state index contributed by atoms with van der Waals surface area (Å²) < 4.78 is 0. The van der Waals surface area contributed by atoms with E-state index >= 15 is 0 Å². The lowest BCUT2D eigenvalue weighted by Gasteiger charge is -2.07. The quantitative estimate of drug-likeness (QED) is 0.673. The summed E-state index contributed by atoms with van der Waals surface area (Å²) in [6.07, 6.45) is 2.20. The molecule has 6 heteroatoms. The van der Waals surface area contributed by atoms with Gasteiger partial charge in [-0.25, -0.2) is 9.78 Å². The number of hydrogen-bond acceptors (Lipinski definition) is 5. The van der Waals surface area contributed by atoms with Crippen molar-refractivity contribution in [1.29, 1.82) is 0 Å². The normalized spacial score (nSPS) is 15.0. The van der Waals surface area contributed by atoms with E-state index in [4.69, 9.17) is 10.8 Å². The molecular formula is C9H12N4O2. The molecule has 15 heavy (non-hydrogen) atoms. The fourth-order valence-corrected chi connectivity index (χ4v) is 1.33. The Morgan fingerprint density at radius 2 is 2.20 bits per heavy atom. The van der Waals surface area contributed by atoms with Crippen LogP contribution in [0.3, 0.4) is 0 Å². The van der Waals surface area contributed by atoms with Crippen LogP contribution in [0.5, 0.6) is 0 Å². The average molecular weight is 208 g/mol. The number of carboxylic acids is 1. The third-order valence-electron chi connectivity index (χ3n) is 2.24. The molecule has 4 N–H and O–H groups in total. The van der Waals surface area contributed by atoms with E-state index in [-0.39, 0.29) is 11.4 Å². The maximum Gasteiger partial charge on any atom is 0.341 e. The Labute approximate surface area is 86.5 Å². The Kier molecular flexibility index (Phi) is 2.18. The topological polar surface area (TPSA) is 101 Å². The van der Waals surface area contributed by atoms with Gasteiger partial charge in [-0.2, -0.15) is 4.98 Å². The first-order valence-corrected chi connectivity index (χ1v) is 4.72. The van der Waals surface area contributed by atoms with Crippen LogP contribution < -0.4 is 11.1 Å². The van der Waals surface area contributed by atoms with Gasteiger partial charge in [0.1, 0.15) is 11.4 Å². The third-order valence-corrected chi connectivity index (χ3v) is 2.24. The second kappa shape index (κ2) is 3.38. The highest BCUT2D eigenvalue weighted by molar-refractivity contribution is 5.93. The van der Waals surface area contributed by atoms with Gasteiger partial charge in [-0.3, -0.25) is 0 Å². The number of nitrogens with one attached hydrogen (secondary N) is 1. The van der Waals surface area contributed by atoms with Crippen molar-refractivity contribution in [2.75, 3.05) is 11.1 Å². The van der Waals surface area contributed by atoms with Crippen LogP contribution in [-0.4, -0.2) is 27.1 Å². The number of aromatic nitrogens is 2. The molecule has 0 spiro atoms. The molecule has 2 rings (SSSR count). The summed E-state index contributed by atoms with van der Waals surface area (Å²) in [6, 6.07) is 0.416. The van der Waals surface area contributed by atoms with Crippen molar-refractivity contribution in [1.82, 2.24) is 9.97 Å².